The summed E-state index contributed by atoms with van der Waals surface area (Å²) in [5.41, 5.74) is 4.33. The van der Waals surface area contributed by atoms with Crippen LogP contribution in [-0.2, 0) is 11.8 Å². The van der Waals surface area contributed by atoms with Gasteiger partial charge >= 0.3 is 0 Å². The molecule has 6 heteroatoms. The Kier molecular flexibility index (Phi) is 4.95. The minimum atomic E-state index is -1.79. The number of hydrogen-bond donors (Lipinski definition) is 2. The number of aromatic nitrogens is 2. The van der Waals surface area contributed by atoms with Crippen molar-refractivity contribution in [3.8, 4) is 0 Å². The van der Waals surface area contributed by atoms with Crippen molar-refractivity contribution in [1.29, 1.82) is 0 Å². The van der Waals surface area contributed by atoms with Gasteiger partial charge < -0.3 is 15.4 Å². The van der Waals surface area contributed by atoms with Crippen LogP contribution in [0.4, 0.5) is 0 Å². The lowest BCUT2D eigenvalue weighted by atomic mass is 9.76. The van der Waals surface area contributed by atoms with E-state index in [1.54, 1.807) is 49.0 Å². The molecule has 122 valence electrons. The molecule has 0 aliphatic carbocycles. The fourth-order valence-electron chi connectivity index (χ4n) is 2.75. The molecule has 0 saturated carbocycles. The molecule has 0 saturated heterocycles. The summed E-state index contributed by atoms with van der Waals surface area (Å²) in [5, 5.41) is 10.8. The van der Waals surface area contributed by atoms with Gasteiger partial charge in [-0.1, -0.05) is 37.3 Å². The number of nitrogens with two attached hydrogens (primary N) is 1. The highest BCUT2D eigenvalue weighted by Gasteiger charge is 2.43. The predicted octanol–water partition coefficient (Wildman–Crippen LogP) is 1.40. The summed E-state index contributed by atoms with van der Waals surface area (Å²) in [5.74, 6) is -1.52. The van der Waals surface area contributed by atoms with Crippen LogP contribution in [0, 0.1) is 0 Å². The van der Waals surface area contributed by atoms with Crippen molar-refractivity contribution in [1.82, 2.24) is 9.55 Å². The number of hydrogen-bond acceptors (Lipinski definition) is 4. The third-order valence-corrected chi connectivity index (χ3v) is 4.20. The number of nitrogens with zero attached hydrogens (tertiary/aromatic N) is 2. The summed E-state index contributed by atoms with van der Waals surface area (Å²) in [4.78, 5) is 28.4. The first-order valence-corrected chi connectivity index (χ1v) is 7.48. The molecule has 1 aromatic heterocycles. The van der Waals surface area contributed by atoms with Crippen molar-refractivity contribution in [2.45, 2.75) is 31.3 Å². The molecular formula is C17H21N3O3. The van der Waals surface area contributed by atoms with E-state index in [4.69, 9.17) is 5.73 Å². The number of primary amides is 1. The molecular weight excluding hydrogens is 294 g/mol. The number of carbonyl (C=O) groups is 2. The van der Waals surface area contributed by atoms with E-state index in [-0.39, 0.29) is 24.4 Å². The smallest absolute Gasteiger partial charge is 0.250 e. The summed E-state index contributed by atoms with van der Waals surface area (Å²) in [7, 11) is 1.72. The van der Waals surface area contributed by atoms with Gasteiger partial charge in [-0.3, -0.25) is 9.59 Å². The van der Waals surface area contributed by atoms with Crippen LogP contribution in [0.15, 0.2) is 42.7 Å². The number of aryl methyl sites for hydroxylation is 1. The molecule has 6 nitrogen and oxygen atoms in total. The van der Waals surface area contributed by atoms with E-state index < -0.39 is 17.4 Å². The van der Waals surface area contributed by atoms with Crippen LogP contribution >= 0.6 is 0 Å². The molecule has 23 heavy (non-hydrogen) atoms. The minimum absolute atomic E-state index is 0.0534. The second-order valence-electron chi connectivity index (χ2n) is 5.59. The molecule has 0 spiro atoms. The molecule has 0 radical (unpaired) electrons. The summed E-state index contributed by atoms with van der Waals surface area (Å²) in [6.45, 7) is 1.67. The third-order valence-electron chi connectivity index (χ3n) is 4.20. The molecule has 2 rings (SSSR count). The zero-order chi connectivity index (χ0) is 17.0. The Morgan fingerprint density at radius 3 is 2.48 bits per heavy atom. The maximum Gasteiger partial charge on any atom is 0.250 e. The molecule has 1 heterocycles. The lowest BCUT2D eigenvalue weighted by molar-refractivity contribution is -0.139. The molecule has 1 amide bonds. The van der Waals surface area contributed by atoms with E-state index >= 15 is 0 Å². The molecule has 2 atom stereocenters. The number of carbonyl (C=O) groups excluding carboxylic acids is 2. The van der Waals surface area contributed by atoms with Crippen molar-refractivity contribution in [3.63, 3.8) is 0 Å². The van der Waals surface area contributed by atoms with Crippen LogP contribution in [0.25, 0.3) is 0 Å². The molecule has 0 fully saturated rings. The van der Waals surface area contributed by atoms with Gasteiger partial charge in [-0.05, 0) is 12.0 Å². The van der Waals surface area contributed by atoms with E-state index in [9.17, 15) is 14.7 Å². The second-order valence-corrected chi connectivity index (χ2v) is 5.59. The van der Waals surface area contributed by atoms with Crippen molar-refractivity contribution in [2.24, 2.45) is 12.8 Å². The number of Topliss-reactive ketones (excluding diaryl/α,β-unsaturated/α-hetero) is 1. The number of amides is 1. The van der Waals surface area contributed by atoms with Crippen LogP contribution in [0.1, 0.15) is 41.9 Å². The second kappa shape index (κ2) is 6.75. The van der Waals surface area contributed by atoms with E-state index in [2.05, 4.69) is 4.98 Å². The largest absolute Gasteiger partial charge is 0.379 e. The van der Waals surface area contributed by atoms with Crippen molar-refractivity contribution >= 4 is 11.7 Å². The van der Waals surface area contributed by atoms with Crippen LogP contribution in [-0.4, -0.2) is 31.9 Å². The normalized spacial score (nSPS) is 14.9. The maximum atomic E-state index is 12.5. The van der Waals surface area contributed by atoms with Gasteiger partial charge in [0, 0.05) is 31.8 Å². The minimum Gasteiger partial charge on any atom is -0.379 e. The van der Waals surface area contributed by atoms with Crippen molar-refractivity contribution in [3.05, 3.63) is 54.1 Å². The van der Waals surface area contributed by atoms with Gasteiger partial charge in [0.05, 0.1) is 0 Å². The van der Waals surface area contributed by atoms with Crippen LogP contribution in [0.5, 0.6) is 0 Å². The fourth-order valence-corrected chi connectivity index (χ4v) is 2.75. The van der Waals surface area contributed by atoms with Crippen molar-refractivity contribution < 1.29 is 14.7 Å². The standard InChI is InChI=1S/C17H21N3O3/c1-3-17(23,16(18)22)13(12-7-5-4-6-8-12)11-14(21)15-19-9-10-20(15)2/h4-10,13,23H,3,11H2,1-2H3,(H2,18,22)/t13-,17+/m1/s1. The van der Waals surface area contributed by atoms with Gasteiger partial charge in [0.15, 0.2) is 11.6 Å². The highest BCUT2D eigenvalue weighted by Crippen LogP contribution is 2.35. The van der Waals surface area contributed by atoms with Gasteiger partial charge in [-0.2, -0.15) is 0 Å². The van der Waals surface area contributed by atoms with Gasteiger partial charge in [0.25, 0.3) is 0 Å². The summed E-state index contributed by atoms with van der Waals surface area (Å²) >= 11 is 0. The third kappa shape index (κ3) is 3.32. The molecule has 0 unspecified atom stereocenters. The highest BCUT2D eigenvalue weighted by molar-refractivity contribution is 5.94. The Hall–Kier alpha value is -2.47. The number of ketones is 1. The molecule has 0 aliphatic rings. The van der Waals surface area contributed by atoms with Crippen LogP contribution in [0.2, 0.25) is 0 Å². The van der Waals surface area contributed by atoms with E-state index in [0.29, 0.717) is 5.56 Å². The van der Waals surface area contributed by atoms with Gasteiger partial charge in [-0.25, -0.2) is 4.98 Å². The predicted molar refractivity (Wildman–Crippen MR) is 85.8 cm³/mol. The monoisotopic (exact) mass is 315 g/mol. The van der Waals surface area contributed by atoms with Gasteiger partial charge in [0.2, 0.25) is 5.91 Å². The molecule has 0 aliphatic heterocycles. The summed E-state index contributed by atoms with van der Waals surface area (Å²) < 4.78 is 1.61. The first kappa shape index (κ1) is 16.9. The zero-order valence-corrected chi connectivity index (χ0v) is 13.3. The SMILES string of the molecule is CC[C@@](O)(C(N)=O)[C@H](CC(=O)c1nccn1C)c1ccccc1. The number of aliphatic hydroxyl groups is 1. The first-order chi connectivity index (χ1) is 10.9. The molecule has 2 aromatic rings. The number of rotatable bonds is 7. The fraction of sp³-hybridized carbons (Fsp3) is 0.353. The van der Waals surface area contributed by atoms with E-state index in [0.717, 1.165) is 0 Å². The van der Waals surface area contributed by atoms with Gasteiger partial charge in [0.1, 0.15) is 5.60 Å². The lowest BCUT2D eigenvalue weighted by Crippen LogP contribution is -2.49. The average molecular weight is 315 g/mol. The Labute approximate surface area is 135 Å². The highest BCUT2D eigenvalue weighted by atomic mass is 16.3. The lowest BCUT2D eigenvalue weighted by Gasteiger charge is -2.32. The Balaban J connectivity index is 2.41. The molecule has 1 aromatic carbocycles. The summed E-state index contributed by atoms with van der Waals surface area (Å²) in [6, 6.07) is 8.98. The first-order valence-electron chi connectivity index (χ1n) is 7.48. The zero-order valence-electron chi connectivity index (χ0n) is 13.3. The Morgan fingerprint density at radius 1 is 1.35 bits per heavy atom. The van der Waals surface area contributed by atoms with Crippen LogP contribution in [0.3, 0.4) is 0 Å². The topological polar surface area (TPSA) is 98.2 Å². The summed E-state index contributed by atoms with van der Waals surface area (Å²) in [6.07, 6.45) is 3.27. The van der Waals surface area contributed by atoms with Crippen molar-refractivity contribution in [2.75, 3.05) is 0 Å². The number of benzene rings is 1. The molecule has 3 N–H and O–H groups in total. The Morgan fingerprint density at radius 2 is 2.00 bits per heavy atom. The van der Waals surface area contributed by atoms with Crippen LogP contribution < -0.4 is 5.73 Å². The van der Waals surface area contributed by atoms with E-state index in [1.165, 1.54) is 6.20 Å². The quantitative estimate of drug-likeness (QED) is 0.755. The Bertz CT molecular complexity index is 696. The average Bonchev–Trinajstić information content (AvgIpc) is 2.98. The van der Waals surface area contributed by atoms with E-state index in [1.807, 2.05) is 6.07 Å². The number of imidazole rings is 1. The molecule has 0 bridgehead atoms. The van der Waals surface area contributed by atoms with Gasteiger partial charge in [-0.15, -0.1) is 0 Å². The maximum absolute atomic E-state index is 12.5.